The second-order valence-electron chi connectivity index (χ2n) is 5.28. The van der Waals surface area contributed by atoms with E-state index >= 15 is 0 Å². The molecule has 0 radical (unpaired) electrons. The van der Waals surface area contributed by atoms with Crippen LogP contribution in [0.15, 0.2) is 48.8 Å². The third-order valence-corrected chi connectivity index (χ3v) is 3.27. The third-order valence-electron chi connectivity index (χ3n) is 3.27. The zero-order chi connectivity index (χ0) is 16.4. The highest BCUT2D eigenvalue weighted by Gasteiger charge is 2.08. The Morgan fingerprint density at radius 2 is 1.78 bits per heavy atom. The highest BCUT2D eigenvalue weighted by atomic mass is 16.2. The highest BCUT2D eigenvalue weighted by Crippen LogP contribution is 2.16. The smallest absolute Gasteiger partial charge is 0.257 e. The molecule has 116 valence electrons. The Balaban J connectivity index is 1.81. The molecule has 2 heterocycles. The number of fused-ring (bicyclic) bond motifs is 1. The van der Waals surface area contributed by atoms with Crippen molar-refractivity contribution in [1.29, 1.82) is 0 Å². The van der Waals surface area contributed by atoms with Crippen LogP contribution in [-0.4, -0.2) is 21.2 Å². The van der Waals surface area contributed by atoms with Gasteiger partial charge in [0.2, 0.25) is 5.91 Å². The van der Waals surface area contributed by atoms with Crippen LogP contribution in [0.25, 0.3) is 5.65 Å². The lowest BCUT2D eigenvalue weighted by Crippen LogP contribution is -2.13. The number of aromatic nitrogens is 2. The van der Waals surface area contributed by atoms with E-state index < -0.39 is 0 Å². The van der Waals surface area contributed by atoms with Crippen LogP contribution < -0.4 is 10.6 Å². The second-order valence-corrected chi connectivity index (χ2v) is 5.28. The van der Waals surface area contributed by atoms with E-state index in [0.717, 1.165) is 11.3 Å². The van der Waals surface area contributed by atoms with Gasteiger partial charge in [0.25, 0.3) is 5.91 Å². The number of carbonyl (C=O) groups excluding carboxylic acids is 2. The minimum Gasteiger partial charge on any atom is -0.326 e. The van der Waals surface area contributed by atoms with E-state index in [1.807, 2.05) is 17.5 Å². The molecule has 0 atom stereocenters. The van der Waals surface area contributed by atoms with E-state index in [2.05, 4.69) is 15.6 Å². The van der Waals surface area contributed by atoms with Gasteiger partial charge in [-0.15, -0.1) is 0 Å². The Bertz CT molecular complexity index is 898. The Morgan fingerprint density at radius 3 is 2.52 bits per heavy atom. The Kier molecular flexibility index (Phi) is 3.80. The summed E-state index contributed by atoms with van der Waals surface area (Å²) < 4.78 is 1.82. The van der Waals surface area contributed by atoms with E-state index in [1.54, 1.807) is 42.6 Å². The van der Waals surface area contributed by atoms with Gasteiger partial charge in [0.05, 0.1) is 11.3 Å². The SMILES string of the molecule is CC(=O)Nc1cccc(NC(=O)c2ccc3nc(C)cn3c2)c1. The number of carbonyl (C=O) groups is 2. The van der Waals surface area contributed by atoms with Gasteiger partial charge < -0.3 is 15.0 Å². The van der Waals surface area contributed by atoms with Gasteiger partial charge in [-0.2, -0.15) is 0 Å². The first-order chi connectivity index (χ1) is 11.0. The number of hydrogen-bond donors (Lipinski definition) is 2. The van der Waals surface area contributed by atoms with Crippen LogP contribution in [0, 0.1) is 6.92 Å². The van der Waals surface area contributed by atoms with Crippen LogP contribution in [0.4, 0.5) is 11.4 Å². The van der Waals surface area contributed by atoms with Crippen LogP contribution in [0.3, 0.4) is 0 Å². The summed E-state index contributed by atoms with van der Waals surface area (Å²) >= 11 is 0. The van der Waals surface area contributed by atoms with Crippen molar-refractivity contribution in [1.82, 2.24) is 9.38 Å². The summed E-state index contributed by atoms with van der Waals surface area (Å²) in [6.07, 6.45) is 3.60. The highest BCUT2D eigenvalue weighted by molar-refractivity contribution is 6.04. The van der Waals surface area contributed by atoms with Gasteiger partial charge in [-0.3, -0.25) is 9.59 Å². The number of anilines is 2. The Labute approximate surface area is 133 Å². The van der Waals surface area contributed by atoms with Gasteiger partial charge in [-0.05, 0) is 37.3 Å². The summed E-state index contributed by atoms with van der Waals surface area (Å²) in [7, 11) is 0. The minimum atomic E-state index is -0.224. The fourth-order valence-corrected chi connectivity index (χ4v) is 2.33. The normalized spacial score (nSPS) is 10.5. The van der Waals surface area contributed by atoms with Crippen LogP contribution in [-0.2, 0) is 4.79 Å². The second kappa shape index (κ2) is 5.92. The molecule has 1 aromatic carbocycles. The zero-order valence-corrected chi connectivity index (χ0v) is 12.8. The predicted octanol–water partition coefficient (Wildman–Crippen LogP) is 2.85. The maximum Gasteiger partial charge on any atom is 0.257 e. The van der Waals surface area contributed by atoms with Crippen molar-refractivity contribution in [2.24, 2.45) is 0 Å². The quantitative estimate of drug-likeness (QED) is 0.781. The van der Waals surface area contributed by atoms with Crippen LogP contribution >= 0.6 is 0 Å². The summed E-state index contributed by atoms with van der Waals surface area (Å²) in [6, 6.07) is 10.5. The number of pyridine rings is 1. The molecular weight excluding hydrogens is 292 g/mol. The fourth-order valence-electron chi connectivity index (χ4n) is 2.33. The molecule has 6 heteroatoms. The molecule has 0 fully saturated rings. The van der Waals surface area contributed by atoms with Crippen molar-refractivity contribution in [3.63, 3.8) is 0 Å². The molecule has 0 bridgehead atoms. The average Bonchev–Trinajstić information content (AvgIpc) is 2.85. The zero-order valence-electron chi connectivity index (χ0n) is 12.8. The average molecular weight is 308 g/mol. The van der Waals surface area contributed by atoms with Crippen molar-refractivity contribution in [2.75, 3.05) is 10.6 Å². The summed E-state index contributed by atoms with van der Waals surface area (Å²) in [5.74, 6) is -0.382. The largest absolute Gasteiger partial charge is 0.326 e. The van der Waals surface area contributed by atoms with Gasteiger partial charge in [-0.25, -0.2) is 4.98 Å². The number of nitrogens with zero attached hydrogens (tertiary/aromatic N) is 2. The fraction of sp³-hybridized carbons (Fsp3) is 0.118. The number of rotatable bonds is 3. The standard InChI is InChI=1S/C17H16N4O2/c1-11-9-21-10-13(6-7-16(21)18-11)17(23)20-15-5-3-4-14(8-15)19-12(2)22/h3-10H,1-2H3,(H,19,22)(H,20,23). The molecule has 23 heavy (non-hydrogen) atoms. The predicted molar refractivity (Wildman–Crippen MR) is 88.6 cm³/mol. The number of aryl methyl sites for hydroxylation is 1. The molecule has 0 aliphatic heterocycles. The van der Waals surface area contributed by atoms with Gasteiger partial charge >= 0.3 is 0 Å². The maximum atomic E-state index is 12.4. The number of imidazole rings is 1. The van der Waals surface area contributed by atoms with Gasteiger partial charge in [0.1, 0.15) is 5.65 Å². The lowest BCUT2D eigenvalue weighted by atomic mass is 10.2. The molecule has 0 aliphatic carbocycles. The molecule has 0 saturated carbocycles. The Morgan fingerprint density at radius 1 is 1.04 bits per heavy atom. The number of nitrogens with one attached hydrogen (secondary N) is 2. The molecule has 2 N–H and O–H groups in total. The summed E-state index contributed by atoms with van der Waals surface area (Å²) in [5.41, 5.74) is 3.47. The summed E-state index contributed by atoms with van der Waals surface area (Å²) in [5, 5.41) is 5.50. The van der Waals surface area contributed by atoms with Crippen molar-refractivity contribution >= 4 is 28.8 Å². The molecular formula is C17H16N4O2. The molecule has 0 unspecified atom stereocenters. The summed E-state index contributed by atoms with van der Waals surface area (Å²) in [4.78, 5) is 27.8. The molecule has 0 spiro atoms. The van der Waals surface area contributed by atoms with E-state index in [-0.39, 0.29) is 11.8 Å². The first-order valence-electron chi connectivity index (χ1n) is 7.15. The van der Waals surface area contributed by atoms with Gasteiger partial charge in [0, 0.05) is 30.7 Å². The molecule has 2 amide bonds. The lowest BCUT2D eigenvalue weighted by molar-refractivity contribution is -0.114. The van der Waals surface area contributed by atoms with Crippen molar-refractivity contribution in [3.8, 4) is 0 Å². The monoisotopic (exact) mass is 308 g/mol. The summed E-state index contributed by atoms with van der Waals surface area (Å²) in [6.45, 7) is 3.34. The van der Waals surface area contributed by atoms with E-state index in [1.165, 1.54) is 6.92 Å². The molecule has 2 aromatic heterocycles. The van der Waals surface area contributed by atoms with Crippen LogP contribution in [0.2, 0.25) is 0 Å². The van der Waals surface area contributed by atoms with E-state index in [4.69, 9.17) is 0 Å². The van der Waals surface area contributed by atoms with Crippen LogP contribution in [0.1, 0.15) is 23.0 Å². The minimum absolute atomic E-state index is 0.158. The van der Waals surface area contributed by atoms with Crippen molar-refractivity contribution in [2.45, 2.75) is 13.8 Å². The number of hydrogen-bond acceptors (Lipinski definition) is 3. The molecule has 3 rings (SSSR count). The van der Waals surface area contributed by atoms with Gasteiger partial charge in [0.15, 0.2) is 0 Å². The lowest BCUT2D eigenvalue weighted by Gasteiger charge is -2.08. The molecule has 0 saturated heterocycles. The van der Waals surface area contributed by atoms with Crippen molar-refractivity contribution < 1.29 is 9.59 Å². The number of amides is 2. The first kappa shape index (κ1) is 14.8. The molecule has 0 aliphatic rings. The number of benzene rings is 1. The topological polar surface area (TPSA) is 75.5 Å². The van der Waals surface area contributed by atoms with Crippen molar-refractivity contribution in [3.05, 3.63) is 60.0 Å². The molecule has 3 aromatic rings. The first-order valence-corrected chi connectivity index (χ1v) is 7.15. The van der Waals surface area contributed by atoms with E-state index in [9.17, 15) is 9.59 Å². The third kappa shape index (κ3) is 3.37. The van der Waals surface area contributed by atoms with Gasteiger partial charge in [-0.1, -0.05) is 6.07 Å². The Hall–Kier alpha value is -3.15. The van der Waals surface area contributed by atoms with E-state index in [0.29, 0.717) is 16.9 Å². The molecule has 6 nitrogen and oxygen atoms in total. The van der Waals surface area contributed by atoms with Crippen LogP contribution in [0.5, 0.6) is 0 Å². The maximum absolute atomic E-state index is 12.4.